The molecule has 0 aliphatic heterocycles. The molecular weight excluding hydrogens is 364 g/mol. The van der Waals surface area contributed by atoms with E-state index in [0.717, 1.165) is 24.6 Å². The number of nitrogens with two attached hydrogens (primary N) is 1. The molecule has 0 aliphatic carbocycles. The van der Waals surface area contributed by atoms with Gasteiger partial charge >= 0.3 is 6.03 Å². The van der Waals surface area contributed by atoms with E-state index in [1.807, 2.05) is 0 Å². The zero-order chi connectivity index (χ0) is 13.8. The Hall–Kier alpha value is -0.100. The fraction of sp³-hybridized carbons (Fsp3) is 0.833. The fourth-order valence-corrected chi connectivity index (χ4v) is 2.28. The Kier molecular flexibility index (Phi) is 11.9. The number of urea groups is 1. The summed E-state index contributed by atoms with van der Waals surface area (Å²) in [5, 5.41) is 3.07. The summed E-state index contributed by atoms with van der Waals surface area (Å²) in [6.07, 6.45) is 8.27. The first-order chi connectivity index (χ1) is 8.56. The lowest BCUT2D eigenvalue weighted by Gasteiger charge is -2.05. The first-order valence-corrected chi connectivity index (χ1v) is 8.39. The smallest absolute Gasteiger partial charge is 0.318 e. The van der Waals surface area contributed by atoms with Crippen molar-refractivity contribution >= 4 is 43.8 Å². The monoisotopic (exact) mass is 384 g/mol. The summed E-state index contributed by atoms with van der Waals surface area (Å²) >= 11 is 7.01. The van der Waals surface area contributed by atoms with Crippen molar-refractivity contribution < 1.29 is 9.59 Å². The van der Waals surface area contributed by atoms with Crippen molar-refractivity contribution in [2.75, 3.05) is 5.33 Å². The van der Waals surface area contributed by atoms with Gasteiger partial charge in [-0.05, 0) is 12.8 Å². The maximum absolute atomic E-state index is 11.1. The fourth-order valence-electron chi connectivity index (χ4n) is 1.64. The Morgan fingerprint density at radius 1 is 1.06 bits per heavy atom. The van der Waals surface area contributed by atoms with Crippen LogP contribution >= 0.6 is 31.9 Å². The predicted molar refractivity (Wildman–Crippen MR) is 81.2 cm³/mol. The van der Waals surface area contributed by atoms with Crippen molar-refractivity contribution in [2.45, 2.75) is 56.2 Å². The van der Waals surface area contributed by atoms with Crippen molar-refractivity contribution in [3.05, 3.63) is 0 Å². The Morgan fingerprint density at radius 3 is 2.17 bits per heavy atom. The Bertz CT molecular complexity index is 250. The highest BCUT2D eigenvalue weighted by Gasteiger charge is 2.03. The summed E-state index contributed by atoms with van der Waals surface area (Å²) < 4.78 is 0. The van der Waals surface area contributed by atoms with Gasteiger partial charge in [0.2, 0.25) is 5.91 Å². The molecular formula is C12H22Br2N2O2. The van der Waals surface area contributed by atoms with Crippen molar-refractivity contribution in [1.29, 1.82) is 0 Å². The van der Waals surface area contributed by atoms with Gasteiger partial charge in [0.1, 0.15) is 0 Å². The van der Waals surface area contributed by atoms with Gasteiger partial charge in [0.05, 0.1) is 0 Å². The van der Waals surface area contributed by atoms with E-state index in [1.165, 1.54) is 25.7 Å². The third kappa shape index (κ3) is 12.4. The number of hydrogen-bond donors (Lipinski definition) is 2. The Morgan fingerprint density at radius 2 is 1.61 bits per heavy atom. The molecule has 0 aromatic rings. The molecule has 0 aromatic heterocycles. The third-order valence-electron chi connectivity index (χ3n) is 2.60. The van der Waals surface area contributed by atoms with Gasteiger partial charge in [-0.15, -0.1) is 0 Å². The van der Waals surface area contributed by atoms with Crippen LogP contribution in [-0.2, 0) is 4.79 Å². The normalized spacial score (nSPS) is 12.1. The molecule has 0 aliphatic rings. The molecule has 0 rings (SSSR count). The number of carbonyl (C=O) groups is 2. The summed E-state index contributed by atoms with van der Waals surface area (Å²) in [5.41, 5.74) is 4.84. The second-order valence-electron chi connectivity index (χ2n) is 4.32. The lowest BCUT2D eigenvalue weighted by molar-refractivity contribution is -0.120. The van der Waals surface area contributed by atoms with Crippen LogP contribution in [0, 0.1) is 0 Å². The number of amides is 3. The van der Waals surface area contributed by atoms with Crippen LogP contribution < -0.4 is 11.1 Å². The van der Waals surface area contributed by atoms with Crippen LogP contribution in [0.1, 0.15) is 51.4 Å². The topological polar surface area (TPSA) is 72.2 Å². The van der Waals surface area contributed by atoms with Gasteiger partial charge < -0.3 is 5.73 Å². The van der Waals surface area contributed by atoms with Gasteiger partial charge in [-0.2, -0.15) is 0 Å². The van der Waals surface area contributed by atoms with E-state index in [2.05, 4.69) is 37.2 Å². The second kappa shape index (κ2) is 12.0. The van der Waals surface area contributed by atoms with Crippen molar-refractivity contribution in [3.8, 4) is 0 Å². The maximum Gasteiger partial charge on any atom is 0.318 e. The van der Waals surface area contributed by atoms with E-state index in [0.29, 0.717) is 11.2 Å². The lowest BCUT2D eigenvalue weighted by Crippen LogP contribution is -2.34. The molecule has 0 spiro atoms. The lowest BCUT2D eigenvalue weighted by atomic mass is 10.1. The molecule has 0 saturated carbocycles. The zero-order valence-electron chi connectivity index (χ0n) is 10.6. The van der Waals surface area contributed by atoms with Crippen molar-refractivity contribution in [1.82, 2.24) is 5.32 Å². The molecule has 0 fully saturated rings. The van der Waals surface area contributed by atoms with E-state index in [-0.39, 0.29) is 5.91 Å². The van der Waals surface area contributed by atoms with E-state index in [4.69, 9.17) is 5.73 Å². The molecule has 3 amide bonds. The van der Waals surface area contributed by atoms with Crippen molar-refractivity contribution in [3.63, 3.8) is 0 Å². The maximum atomic E-state index is 11.1. The van der Waals surface area contributed by atoms with Gasteiger partial charge in [0, 0.05) is 16.6 Å². The Balaban J connectivity index is 3.21. The Labute approximate surface area is 126 Å². The summed E-state index contributed by atoms with van der Waals surface area (Å²) in [6.45, 7) is 0. The summed E-state index contributed by atoms with van der Waals surface area (Å²) in [5.74, 6) is -0.276. The highest BCUT2D eigenvalue weighted by atomic mass is 79.9. The number of nitrogens with one attached hydrogen (secondary N) is 1. The average molecular weight is 386 g/mol. The van der Waals surface area contributed by atoms with Gasteiger partial charge in [-0.25, -0.2) is 4.79 Å². The highest BCUT2D eigenvalue weighted by Crippen LogP contribution is 2.15. The molecule has 1 atom stereocenters. The molecule has 0 heterocycles. The third-order valence-corrected chi connectivity index (χ3v) is 5.03. The minimum Gasteiger partial charge on any atom is -0.351 e. The minimum absolute atomic E-state index is 0.276. The number of rotatable bonds is 10. The number of imide groups is 1. The molecule has 0 aromatic carbocycles. The molecule has 106 valence electrons. The molecule has 6 heteroatoms. The minimum atomic E-state index is -0.767. The highest BCUT2D eigenvalue weighted by molar-refractivity contribution is 9.12. The SMILES string of the molecule is NC(=O)NC(=O)CCCCCCCCC(Br)CBr. The predicted octanol–water partition coefficient (Wildman–Crippen LogP) is 3.46. The zero-order valence-corrected chi connectivity index (χ0v) is 13.8. The van der Waals surface area contributed by atoms with Crippen LogP contribution in [0.25, 0.3) is 0 Å². The van der Waals surface area contributed by atoms with Gasteiger partial charge in [-0.1, -0.05) is 64.0 Å². The summed E-state index contributed by atoms with van der Waals surface area (Å²) in [6, 6.07) is -0.767. The van der Waals surface area contributed by atoms with Crippen LogP contribution in [0.5, 0.6) is 0 Å². The van der Waals surface area contributed by atoms with Crippen LogP contribution in [0.4, 0.5) is 4.79 Å². The molecule has 0 radical (unpaired) electrons. The number of alkyl halides is 2. The number of carbonyl (C=O) groups excluding carboxylic acids is 2. The number of halogens is 2. The standard InChI is InChI=1S/C12H22Br2N2O2/c13-9-10(14)7-5-3-1-2-4-6-8-11(17)16-12(15)18/h10H,1-9H2,(H3,15,16,17,18). The number of hydrogen-bond acceptors (Lipinski definition) is 2. The van der Waals surface area contributed by atoms with Gasteiger partial charge in [0.15, 0.2) is 0 Å². The van der Waals surface area contributed by atoms with E-state index in [1.54, 1.807) is 0 Å². The molecule has 1 unspecified atom stereocenters. The van der Waals surface area contributed by atoms with Gasteiger partial charge in [-0.3, -0.25) is 10.1 Å². The first-order valence-electron chi connectivity index (χ1n) is 6.35. The molecule has 0 bridgehead atoms. The second-order valence-corrected chi connectivity index (χ2v) is 6.27. The van der Waals surface area contributed by atoms with Gasteiger partial charge in [0.25, 0.3) is 0 Å². The largest absolute Gasteiger partial charge is 0.351 e. The van der Waals surface area contributed by atoms with Crippen LogP contribution in [0.2, 0.25) is 0 Å². The van der Waals surface area contributed by atoms with E-state index < -0.39 is 6.03 Å². The summed E-state index contributed by atoms with van der Waals surface area (Å²) in [7, 11) is 0. The van der Waals surface area contributed by atoms with Crippen LogP contribution in [0.15, 0.2) is 0 Å². The van der Waals surface area contributed by atoms with E-state index in [9.17, 15) is 9.59 Å². The number of primary amides is 1. The molecule has 18 heavy (non-hydrogen) atoms. The molecule has 4 nitrogen and oxygen atoms in total. The number of unbranched alkanes of at least 4 members (excludes halogenated alkanes) is 5. The molecule has 0 saturated heterocycles. The van der Waals surface area contributed by atoms with Crippen LogP contribution in [-0.4, -0.2) is 22.1 Å². The van der Waals surface area contributed by atoms with Crippen molar-refractivity contribution in [2.24, 2.45) is 5.73 Å². The van der Waals surface area contributed by atoms with E-state index >= 15 is 0 Å². The quantitative estimate of drug-likeness (QED) is 0.446. The average Bonchev–Trinajstić information content (AvgIpc) is 2.31. The summed E-state index contributed by atoms with van der Waals surface area (Å²) in [4.78, 5) is 22.0. The first kappa shape index (κ1) is 17.9. The van der Waals surface area contributed by atoms with Crippen LogP contribution in [0.3, 0.4) is 0 Å². The molecule has 3 N–H and O–H groups in total.